The highest BCUT2D eigenvalue weighted by molar-refractivity contribution is 6.30. The summed E-state index contributed by atoms with van der Waals surface area (Å²) in [6.45, 7) is -0.170. The van der Waals surface area contributed by atoms with Crippen LogP contribution in [0.4, 0.5) is 13.6 Å². The summed E-state index contributed by atoms with van der Waals surface area (Å²) >= 11 is 5.45. The van der Waals surface area contributed by atoms with Crippen LogP contribution in [0.5, 0.6) is 0 Å². The van der Waals surface area contributed by atoms with E-state index in [4.69, 9.17) is 16.7 Å². The first-order valence-electron chi connectivity index (χ1n) is 7.27. The van der Waals surface area contributed by atoms with Gasteiger partial charge in [0.15, 0.2) is 0 Å². The molecular weight excluding hydrogens is 330 g/mol. The van der Waals surface area contributed by atoms with Gasteiger partial charge in [0, 0.05) is 18.2 Å². The number of rotatable bonds is 4. The Balaban J connectivity index is 1.80. The van der Waals surface area contributed by atoms with Crippen LogP contribution < -0.4 is 10.6 Å². The number of urea groups is 1. The van der Waals surface area contributed by atoms with E-state index >= 15 is 0 Å². The van der Waals surface area contributed by atoms with E-state index in [1.807, 2.05) is 0 Å². The molecule has 0 aromatic heterocycles. The topological polar surface area (TPSA) is 78.4 Å². The maximum atomic E-state index is 13.6. The molecule has 8 heteroatoms. The smallest absolute Gasteiger partial charge is 0.315 e. The molecule has 2 amide bonds. The number of carbonyl (C=O) groups is 2. The molecule has 1 aromatic rings. The lowest BCUT2D eigenvalue weighted by Crippen LogP contribution is -2.44. The fraction of sp³-hybridized carbons (Fsp3) is 0.467. The molecule has 1 saturated carbocycles. The lowest BCUT2D eigenvalue weighted by atomic mass is 9.86. The predicted molar refractivity (Wildman–Crippen MR) is 80.1 cm³/mol. The van der Waals surface area contributed by atoms with Crippen molar-refractivity contribution >= 4 is 23.6 Å². The minimum atomic E-state index is -0.812. The third-order valence-electron chi connectivity index (χ3n) is 3.94. The van der Waals surface area contributed by atoms with Gasteiger partial charge in [-0.3, -0.25) is 4.79 Å². The summed E-state index contributed by atoms with van der Waals surface area (Å²) in [6, 6.07) is 1.19. The largest absolute Gasteiger partial charge is 0.481 e. The second-order valence-electron chi connectivity index (χ2n) is 5.57. The molecule has 1 aromatic carbocycles. The maximum Gasteiger partial charge on any atom is 0.315 e. The number of hydrogen-bond donors (Lipinski definition) is 3. The molecule has 0 atom stereocenters. The monoisotopic (exact) mass is 346 g/mol. The number of amides is 2. The van der Waals surface area contributed by atoms with Crippen molar-refractivity contribution in [2.75, 3.05) is 0 Å². The van der Waals surface area contributed by atoms with Crippen LogP contribution in [-0.4, -0.2) is 23.1 Å². The van der Waals surface area contributed by atoms with Gasteiger partial charge in [-0.1, -0.05) is 11.6 Å². The number of carbonyl (C=O) groups excluding carboxylic acids is 1. The molecule has 5 nitrogen and oxygen atoms in total. The molecule has 0 bridgehead atoms. The van der Waals surface area contributed by atoms with Crippen LogP contribution in [0, 0.1) is 17.6 Å². The fourth-order valence-electron chi connectivity index (χ4n) is 2.60. The molecule has 1 aliphatic carbocycles. The Labute approximate surface area is 137 Å². The number of carboxylic acids is 1. The average Bonchev–Trinajstić information content (AvgIpc) is 2.50. The van der Waals surface area contributed by atoms with Crippen LogP contribution in [-0.2, 0) is 11.3 Å². The molecule has 0 heterocycles. The van der Waals surface area contributed by atoms with Gasteiger partial charge in [-0.25, -0.2) is 13.6 Å². The van der Waals surface area contributed by atoms with E-state index in [-0.39, 0.29) is 29.1 Å². The Kier molecular flexibility index (Phi) is 5.76. The first kappa shape index (κ1) is 17.5. The van der Waals surface area contributed by atoms with E-state index in [1.165, 1.54) is 0 Å². The summed E-state index contributed by atoms with van der Waals surface area (Å²) in [5.74, 6) is -2.62. The highest BCUT2D eigenvalue weighted by Crippen LogP contribution is 2.24. The zero-order valence-electron chi connectivity index (χ0n) is 12.2. The number of halogens is 3. The summed E-state index contributed by atoms with van der Waals surface area (Å²) in [5, 5.41) is 13.8. The van der Waals surface area contributed by atoms with Gasteiger partial charge >= 0.3 is 12.0 Å². The molecule has 0 radical (unpaired) electrons. The molecule has 23 heavy (non-hydrogen) atoms. The normalized spacial score (nSPS) is 20.8. The summed E-state index contributed by atoms with van der Waals surface area (Å²) in [5.41, 5.74) is -0.00312. The maximum absolute atomic E-state index is 13.6. The highest BCUT2D eigenvalue weighted by Gasteiger charge is 2.26. The number of carboxylic acid groups (broad SMARTS) is 1. The predicted octanol–water partition coefficient (Wildman–Crippen LogP) is 3.06. The van der Waals surface area contributed by atoms with E-state index < -0.39 is 23.6 Å². The quantitative estimate of drug-likeness (QED) is 0.733. The van der Waals surface area contributed by atoms with E-state index in [0.717, 1.165) is 12.1 Å². The zero-order valence-corrected chi connectivity index (χ0v) is 13.0. The van der Waals surface area contributed by atoms with Crippen LogP contribution in [0.2, 0.25) is 5.02 Å². The van der Waals surface area contributed by atoms with Crippen molar-refractivity contribution in [3.8, 4) is 0 Å². The van der Waals surface area contributed by atoms with Gasteiger partial charge < -0.3 is 15.7 Å². The van der Waals surface area contributed by atoms with Crippen molar-refractivity contribution in [1.82, 2.24) is 10.6 Å². The molecule has 1 aliphatic rings. The van der Waals surface area contributed by atoms with Gasteiger partial charge in [-0.2, -0.15) is 0 Å². The molecular formula is C15H17ClF2N2O3. The van der Waals surface area contributed by atoms with Crippen LogP contribution in [0.25, 0.3) is 0 Å². The molecule has 2 rings (SSSR count). The Morgan fingerprint density at radius 1 is 1.17 bits per heavy atom. The van der Waals surface area contributed by atoms with Crippen LogP contribution in [0.1, 0.15) is 31.2 Å². The number of aliphatic carboxylic acids is 1. The summed E-state index contributed by atoms with van der Waals surface area (Å²) in [4.78, 5) is 22.6. The van der Waals surface area contributed by atoms with Crippen LogP contribution in [0.15, 0.2) is 12.1 Å². The summed E-state index contributed by atoms with van der Waals surface area (Å²) in [7, 11) is 0. The molecule has 0 unspecified atom stereocenters. The molecule has 126 valence electrons. The van der Waals surface area contributed by atoms with Crippen molar-refractivity contribution < 1.29 is 23.5 Å². The Bertz CT molecular complexity index is 605. The van der Waals surface area contributed by atoms with Crippen LogP contribution >= 0.6 is 11.6 Å². The Morgan fingerprint density at radius 2 is 1.83 bits per heavy atom. The number of hydrogen-bond acceptors (Lipinski definition) is 2. The fourth-order valence-corrected chi connectivity index (χ4v) is 2.75. The number of benzene rings is 1. The van der Waals surface area contributed by atoms with E-state index in [0.29, 0.717) is 25.7 Å². The third-order valence-corrected chi connectivity index (χ3v) is 4.23. The minimum Gasteiger partial charge on any atom is -0.481 e. The van der Waals surface area contributed by atoms with Crippen molar-refractivity contribution in [2.24, 2.45) is 5.92 Å². The van der Waals surface area contributed by atoms with Gasteiger partial charge in [0.05, 0.1) is 10.9 Å². The third kappa shape index (κ3) is 4.79. The average molecular weight is 347 g/mol. The zero-order chi connectivity index (χ0) is 17.0. The SMILES string of the molecule is O=C(NCc1cc(F)c(Cl)cc1F)NC1CCC(C(=O)O)CC1. The van der Waals surface area contributed by atoms with Crippen molar-refractivity contribution in [3.05, 3.63) is 34.4 Å². The van der Waals surface area contributed by atoms with Crippen molar-refractivity contribution in [3.63, 3.8) is 0 Å². The van der Waals surface area contributed by atoms with Gasteiger partial charge in [0.1, 0.15) is 11.6 Å². The standard InChI is InChI=1S/C15H17ClF2N2O3/c16-11-6-12(17)9(5-13(11)18)7-19-15(23)20-10-3-1-8(2-4-10)14(21)22/h5-6,8,10H,1-4,7H2,(H,21,22)(H2,19,20,23). The molecule has 0 saturated heterocycles. The first-order valence-corrected chi connectivity index (χ1v) is 7.65. The van der Waals surface area contributed by atoms with Crippen molar-refractivity contribution in [2.45, 2.75) is 38.3 Å². The number of nitrogens with one attached hydrogen (secondary N) is 2. The Hall–Kier alpha value is -1.89. The molecule has 0 aliphatic heterocycles. The molecule has 3 N–H and O–H groups in total. The second kappa shape index (κ2) is 7.59. The van der Waals surface area contributed by atoms with Gasteiger partial charge in [-0.15, -0.1) is 0 Å². The van der Waals surface area contributed by atoms with Gasteiger partial charge in [-0.05, 0) is 37.8 Å². The first-order chi connectivity index (χ1) is 10.9. The summed E-state index contributed by atoms with van der Waals surface area (Å²) in [6.07, 6.45) is 2.18. The Morgan fingerprint density at radius 3 is 2.43 bits per heavy atom. The highest BCUT2D eigenvalue weighted by atomic mass is 35.5. The van der Waals surface area contributed by atoms with Gasteiger partial charge in [0.25, 0.3) is 0 Å². The van der Waals surface area contributed by atoms with Crippen LogP contribution in [0.3, 0.4) is 0 Å². The lowest BCUT2D eigenvalue weighted by molar-refractivity contribution is -0.142. The lowest BCUT2D eigenvalue weighted by Gasteiger charge is -2.26. The molecule has 0 spiro atoms. The molecule has 1 fully saturated rings. The summed E-state index contributed by atoms with van der Waals surface area (Å²) < 4.78 is 26.9. The van der Waals surface area contributed by atoms with E-state index in [2.05, 4.69) is 10.6 Å². The van der Waals surface area contributed by atoms with E-state index in [9.17, 15) is 18.4 Å². The van der Waals surface area contributed by atoms with Gasteiger partial charge in [0.2, 0.25) is 0 Å². The van der Waals surface area contributed by atoms with E-state index in [1.54, 1.807) is 0 Å². The minimum absolute atomic E-state index is 0.00312. The second-order valence-corrected chi connectivity index (χ2v) is 5.98. The van der Waals surface area contributed by atoms with Crippen molar-refractivity contribution in [1.29, 1.82) is 0 Å².